The molecular formula is C21H19FN6O2S. The van der Waals surface area contributed by atoms with Crippen molar-refractivity contribution < 1.29 is 13.7 Å². The molecule has 0 saturated heterocycles. The van der Waals surface area contributed by atoms with Crippen LogP contribution < -0.4 is 5.32 Å². The standard InChI is InChI=1S/C21H19FN6O2S/c1-3-28-19(20-24-18(27-30-20)14-6-4-5-13(2)11-14)25-26-21(28)31-12-17(29)23-16-9-7-15(22)8-10-16/h4-11H,3,12H2,1-2H3,(H,23,29). The van der Waals surface area contributed by atoms with Crippen molar-refractivity contribution in [2.75, 3.05) is 11.1 Å². The molecule has 4 aromatic rings. The summed E-state index contributed by atoms with van der Waals surface area (Å²) in [5.41, 5.74) is 2.47. The van der Waals surface area contributed by atoms with Crippen LogP contribution in [0.25, 0.3) is 23.1 Å². The maximum absolute atomic E-state index is 13.0. The number of rotatable bonds is 7. The molecule has 0 saturated carbocycles. The fourth-order valence-electron chi connectivity index (χ4n) is 2.91. The third-order valence-corrected chi connectivity index (χ3v) is 5.35. The number of nitrogens with one attached hydrogen (secondary N) is 1. The Hall–Kier alpha value is -3.53. The second-order valence-corrected chi connectivity index (χ2v) is 7.63. The zero-order valence-electron chi connectivity index (χ0n) is 16.9. The third kappa shape index (κ3) is 4.80. The van der Waals surface area contributed by atoms with E-state index in [1.165, 1.54) is 36.0 Å². The lowest BCUT2D eigenvalue weighted by molar-refractivity contribution is -0.113. The van der Waals surface area contributed by atoms with Gasteiger partial charge < -0.3 is 9.84 Å². The summed E-state index contributed by atoms with van der Waals surface area (Å²) in [5.74, 6) is 0.695. The van der Waals surface area contributed by atoms with Crippen LogP contribution in [0, 0.1) is 12.7 Å². The molecule has 4 rings (SSSR count). The molecule has 0 radical (unpaired) electrons. The van der Waals surface area contributed by atoms with Crippen LogP contribution in [0.2, 0.25) is 0 Å². The molecule has 0 unspecified atom stereocenters. The van der Waals surface area contributed by atoms with E-state index in [0.717, 1.165) is 11.1 Å². The van der Waals surface area contributed by atoms with Crippen LogP contribution in [-0.2, 0) is 11.3 Å². The second-order valence-electron chi connectivity index (χ2n) is 6.69. The van der Waals surface area contributed by atoms with Gasteiger partial charge in [0, 0.05) is 17.8 Å². The number of aryl methyl sites for hydroxylation is 1. The predicted octanol–water partition coefficient (Wildman–Crippen LogP) is 4.19. The maximum Gasteiger partial charge on any atom is 0.296 e. The summed E-state index contributed by atoms with van der Waals surface area (Å²) in [6.07, 6.45) is 0. The van der Waals surface area contributed by atoms with Crippen molar-refractivity contribution >= 4 is 23.4 Å². The Kier molecular flexibility index (Phi) is 6.08. The van der Waals surface area contributed by atoms with Gasteiger partial charge in [-0.05, 0) is 44.2 Å². The van der Waals surface area contributed by atoms with Gasteiger partial charge in [-0.1, -0.05) is 40.7 Å². The lowest BCUT2D eigenvalue weighted by Crippen LogP contribution is -2.14. The molecule has 0 aliphatic carbocycles. The van der Waals surface area contributed by atoms with Gasteiger partial charge in [0.15, 0.2) is 5.16 Å². The molecule has 2 aromatic heterocycles. The van der Waals surface area contributed by atoms with Crippen molar-refractivity contribution in [3.8, 4) is 23.1 Å². The van der Waals surface area contributed by atoms with Crippen LogP contribution in [0.15, 0.2) is 58.2 Å². The quantitative estimate of drug-likeness (QED) is 0.432. The average molecular weight is 438 g/mol. The van der Waals surface area contributed by atoms with E-state index in [2.05, 4.69) is 25.7 Å². The van der Waals surface area contributed by atoms with Gasteiger partial charge in [-0.2, -0.15) is 4.98 Å². The Morgan fingerprint density at radius 2 is 2.00 bits per heavy atom. The number of benzene rings is 2. The Morgan fingerprint density at radius 3 is 2.74 bits per heavy atom. The van der Waals surface area contributed by atoms with Crippen molar-refractivity contribution in [3.63, 3.8) is 0 Å². The summed E-state index contributed by atoms with van der Waals surface area (Å²) in [5, 5.41) is 15.7. The fraction of sp³-hybridized carbons (Fsp3) is 0.190. The van der Waals surface area contributed by atoms with E-state index in [1.807, 2.05) is 42.7 Å². The Bertz CT molecular complexity index is 1200. The summed E-state index contributed by atoms with van der Waals surface area (Å²) in [6, 6.07) is 13.4. The Balaban J connectivity index is 1.46. The SMILES string of the molecule is CCn1c(SCC(=O)Nc2ccc(F)cc2)nnc1-c1nc(-c2cccc(C)c2)no1. The molecule has 0 fully saturated rings. The third-order valence-electron chi connectivity index (χ3n) is 4.39. The zero-order valence-corrected chi connectivity index (χ0v) is 17.7. The van der Waals surface area contributed by atoms with Gasteiger partial charge in [-0.3, -0.25) is 9.36 Å². The number of hydrogen-bond donors (Lipinski definition) is 1. The molecule has 8 nitrogen and oxygen atoms in total. The van der Waals surface area contributed by atoms with Gasteiger partial charge in [-0.25, -0.2) is 4.39 Å². The zero-order chi connectivity index (χ0) is 21.8. The first kappa shape index (κ1) is 20.7. The lowest BCUT2D eigenvalue weighted by Gasteiger charge is -2.06. The number of nitrogens with zero attached hydrogens (tertiary/aromatic N) is 5. The fourth-order valence-corrected chi connectivity index (χ4v) is 3.72. The molecule has 0 bridgehead atoms. The normalized spacial score (nSPS) is 10.9. The highest BCUT2D eigenvalue weighted by molar-refractivity contribution is 7.99. The summed E-state index contributed by atoms with van der Waals surface area (Å²) < 4.78 is 20.2. The molecule has 2 heterocycles. The average Bonchev–Trinajstić information content (AvgIpc) is 3.40. The molecule has 10 heteroatoms. The first-order valence-electron chi connectivity index (χ1n) is 9.56. The van der Waals surface area contributed by atoms with Gasteiger partial charge in [-0.15, -0.1) is 10.2 Å². The Labute approximate surface area is 181 Å². The first-order chi connectivity index (χ1) is 15.0. The van der Waals surface area contributed by atoms with Gasteiger partial charge in [0.2, 0.25) is 17.6 Å². The molecule has 0 spiro atoms. The maximum atomic E-state index is 13.0. The molecule has 31 heavy (non-hydrogen) atoms. The topological polar surface area (TPSA) is 98.7 Å². The molecule has 0 aliphatic rings. The number of amides is 1. The van der Waals surface area contributed by atoms with Crippen molar-refractivity contribution in [2.45, 2.75) is 25.5 Å². The summed E-state index contributed by atoms with van der Waals surface area (Å²) >= 11 is 1.24. The van der Waals surface area contributed by atoms with Crippen LogP contribution in [0.5, 0.6) is 0 Å². The predicted molar refractivity (Wildman–Crippen MR) is 115 cm³/mol. The Morgan fingerprint density at radius 1 is 1.19 bits per heavy atom. The highest BCUT2D eigenvalue weighted by atomic mass is 32.2. The van der Waals surface area contributed by atoms with Crippen molar-refractivity contribution in [1.29, 1.82) is 0 Å². The van der Waals surface area contributed by atoms with Crippen molar-refractivity contribution in [2.24, 2.45) is 0 Å². The van der Waals surface area contributed by atoms with Gasteiger partial charge in [0.05, 0.1) is 5.75 Å². The number of thioether (sulfide) groups is 1. The molecule has 158 valence electrons. The number of halogens is 1. The number of carbonyl (C=O) groups excluding carboxylic acids is 1. The number of aromatic nitrogens is 5. The molecule has 1 N–H and O–H groups in total. The minimum atomic E-state index is -0.359. The van der Waals surface area contributed by atoms with E-state index in [1.54, 1.807) is 0 Å². The van der Waals surface area contributed by atoms with Crippen LogP contribution in [0.3, 0.4) is 0 Å². The van der Waals surface area contributed by atoms with E-state index < -0.39 is 0 Å². The van der Waals surface area contributed by atoms with Crippen molar-refractivity contribution in [3.05, 3.63) is 59.9 Å². The van der Waals surface area contributed by atoms with E-state index in [0.29, 0.717) is 29.0 Å². The minimum absolute atomic E-state index is 0.119. The van der Waals surface area contributed by atoms with Crippen molar-refractivity contribution in [1.82, 2.24) is 24.9 Å². The lowest BCUT2D eigenvalue weighted by atomic mass is 10.1. The van der Waals surface area contributed by atoms with Crippen LogP contribution in [-0.4, -0.2) is 36.6 Å². The summed E-state index contributed by atoms with van der Waals surface area (Å²) in [4.78, 5) is 16.7. The van der Waals surface area contributed by atoms with Crippen LogP contribution in [0.1, 0.15) is 12.5 Å². The molecular weight excluding hydrogens is 419 g/mol. The monoisotopic (exact) mass is 438 g/mol. The summed E-state index contributed by atoms with van der Waals surface area (Å²) in [7, 11) is 0. The van der Waals surface area contributed by atoms with Crippen LogP contribution in [0.4, 0.5) is 10.1 Å². The molecule has 0 aliphatic heterocycles. The van der Waals surface area contributed by atoms with Gasteiger partial charge >= 0.3 is 0 Å². The van der Waals surface area contributed by atoms with E-state index in [4.69, 9.17) is 4.52 Å². The van der Waals surface area contributed by atoms with E-state index >= 15 is 0 Å². The largest absolute Gasteiger partial charge is 0.330 e. The first-order valence-corrected chi connectivity index (χ1v) is 10.5. The highest BCUT2D eigenvalue weighted by Crippen LogP contribution is 2.25. The number of carbonyl (C=O) groups is 1. The number of anilines is 1. The van der Waals surface area contributed by atoms with E-state index in [9.17, 15) is 9.18 Å². The highest BCUT2D eigenvalue weighted by Gasteiger charge is 2.20. The van der Waals surface area contributed by atoms with Crippen LogP contribution >= 0.6 is 11.8 Å². The molecule has 0 atom stereocenters. The smallest absolute Gasteiger partial charge is 0.296 e. The molecule has 2 aromatic carbocycles. The summed E-state index contributed by atoms with van der Waals surface area (Å²) in [6.45, 7) is 4.49. The minimum Gasteiger partial charge on any atom is -0.330 e. The van der Waals surface area contributed by atoms with Gasteiger partial charge in [0.25, 0.3) is 5.89 Å². The molecule has 1 amide bonds. The number of hydrogen-bond acceptors (Lipinski definition) is 7. The van der Waals surface area contributed by atoms with Gasteiger partial charge in [0.1, 0.15) is 5.82 Å². The second kappa shape index (κ2) is 9.09. The van der Waals surface area contributed by atoms with E-state index in [-0.39, 0.29) is 23.4 Å².